The van der Waals surface area contributed by atoms with E-state index < -0.39 is 6.03 Å². The number of amides is 3. The third kappa shape index (κ3) is 4.61. The molecule has 0 unspecified atom stereocenters. The molecule has 0 aromatic carbocycles. The average Bonchev–Trinajstić information content (AvgIpc) is 2.45. The molecule has 1 saturated carbocycles. The second-order valence-corrected chi connectivity index (χ2v) is 4.59. The van der Waals surface area contributed by atoms with Gasteiger partial charge in [0, 0.05) is 0 Å². The number of hydrogen-bond donors (Lipinski definition) is 3. The molecule has 5 nitrogen and oxygen atoms in total. The quantitative estimate of drug-likeness (QED) is 0.587. The van der Waals surface area contributed by atoms with Crippen LogP contribution >= 0.6 is 0 Å². The highest BCUT2D eigenvalue weighted by atomic mass is 16.2. The molecule has 5 N–H and O–H groups in total. The van der Waals surface area contributed by atoms with Crippen molar-refractivity contribution in [2.45, 2.75) is 57.5 Å². The molecule has 0 heterocycles. The van der Waals surface area contributed by atoms with Crippen molar-refractivity contribution in [1.29, 1.82) is 0 Å². The molecule has 0 aromatic heterocycles. The topological polar surface area (TPSA) is 88.8 Å². The first kappa shape index (κ1) is 13.0. The largest absolute Gasteiger partial charge is 0.351 e. The molecule has 1 rings (SSSR count). The Morgan fingerprint density at radius 1 is 1.25 bits per heavy atom. The summed E-state index contributed by atoms with van der Waals surface area (Å²) >= 11 is 0. The predicted molar refractivity (Wildman–Crippen MR) is 60.6 cm³/mol. The van der Waals surface area contributed by atoms with Crippen LogP contribution in [-0.2, 0) is 4.79 Å². The molecular formula is C11H22N3O2+. The fraction of sp³-hybridized carbons (Fsp3) is 0.818. The molecule has 0 spiro atoms. The van der Waals surface area contributed by atoms with E-state index in [1.54, 1.807) is 0 Å². The van der Waals surface area contributed by atoms with Crippen LogP contribution in [0, 0.1) is 0 Å². The molecule has 1 aliphatic carbocycles. The third-order valence-electron chi connectivity index (χ3n) is 3.12. The molecule has 0 aliphatic heterocycles. The molecule has 92 valence electrons. The Morgan fingerprint density at radius 2 is 1.81 bits per heavy atom. The van der Waals surface area contributed by atoms with Gasteiger partial charge in [0.1, 0.15) is 0 Å². The van der Waals surface area contributed by atoms with Crippen LogP contribution in [0.3, 0.4) is 0 Å². The van der Waals surface area contributed by atoms with E-state index in [1.165, 1.54) is 25.7 Å². The SMILES string of the molecule is C[C@@H]([NH2+]C1CCCCCC1)C(=O)NC(N)=O. The summed E-state index contributed by atoms with van der Waals surface area (Å²) in [6.07, 6.45) is 7.40. The molecule has 0 saturated heterocycles. The van der Waals surface area contributed by atoms with Crippen LogP contribution in [0.25, 0.3) is 0 Å². The Hall–Kier alpha value is -1.10. The summed E-state index contributed by atoms with van der Waals surface area (Å²) < 4.78 is 0. The van der Waals surface area contributed by atoms with Crippen molar-refractivity contribution in [3.05, 3.63) is 0 Å². The maximum absolute atomic E-state index is 11.5. The lowest BCUT2D eigenvalue weighted by molar-refractivity contribution is -0.707. The van der Waals surface area contributed by atoms with E-state index in [4.69, 9.17) is 5.73 Å². The molecule has 3 amide bonds. The van der Waals surface area contributed by atoms with Crippen LogP contribution in [0.5, 0.6) is 0 Å². The van der Waals surface area contributed by atoms with Gasteiger partial charge in [-0.3, -0.25) is 10.1 Å². The first-order valence-corrected chi connectivity index (χ1v) is 6.05. The molecule has 0 bridgehead atoms. The Kier molecular flexibility index (Phi) is 5.25. The summed E-state index contributed by atoms with van der Waals surface area (Å²) in [5.74, 6) is -0.295. The van der Waals surface area contributed by atoms with Gasteiger partial charge in [-0.05, 0) is 32.6 Å². The van der Waals surface area contributed by atoms with Gasteiger partial charge in [0.25, 0.3) is 5.91 Å². The van der Waals surface area contributed by atoms with E-state index in [2.05, 4.69) is 10.6 Å². The third-order valence-corrected chi connectivity index (χ3v) is 3.12. The lowest BCUT2D eigenvalue weighted by atomic mass is 10.1. The van der Waals surface area contributed by atoms with E-state index in [1.807, 2.05) is 6.92 Å². The fourth-order valence-electron chi connectivity index (χ4n) is 2.23. The van der Waals surface area contributed by atoms with E-state index in [9.17, 15) is 9.59 Å². The summed E-state index contributed by atoms with van der Waals surface area (Å²) in [6, 6.07) is -0.502. The molecule has 16 heavy (non-hydrogen) atoms. The van der Waals surface area contributed by atoms with Crippen LogP contribution in [0.4, 0.5) is 4.79 Å². The zero-order valence-corrected chi connectivity index (χ0v) is 9.87. The molecule has 1 atom stereocenters. The lowest BCUT2D eigenvalue weighted by Crippen LogP contribution is -2.96. The standard InChI is InChI=1S/C11H21N3O2/c1-8(10(15)14-11(12)16)13-9-6-4-2-3-5-7-9/h8-9,13H,2-7H2,1H3,(H3,12,14,15,16)/p+1/t8-/m1/s1. The molecule has 1 aliphatic rings. The normalized spacial score (nSPS) is 19.8. The summed E-state index contributed by atoms with van der Waals surface area (Å²) in [4.78, 5) is 22.0. The van der Waals surface area contributed by atoms with Crippen LogP contribution in [0.2, 0.25) is 0 Å². The van der Waals surface area contributed by atoms with Gasteiger partial charge < -0.3 is 11.1 Å². The zero-order chi connectivity index (χ0) is 12.0. The van der Waals surface area contributed by atoms with Crippen molar-refractivity contribution < 1.29 is 14.9 Å². The number of rotatable bonds is 3. The van der Waals surface area contributed by atoms with Crippen LogP contribution in [-0.4, -0.2) is 24.0 Å². The highest BCUT2D eigenvalue weighted by Crippen LogP contribution is 2.14. The van der Waals surface area contributed by atoms with Gasteiger partial charge in [-0.1, -0.05) is 12.8 Å². The van der Waals surface area contributed by atoms with E-state index in [0.717, 1.165) is 12.8 Å². The highest BCUT2D eigenvalue weighted by Gasteiger charge is 2.23. The maximum atomic E-state index is 11.5. The predicted octanol–water partition coefficient (Wildman–Crippen LogP) is -0.144. The minimum absolute atomic E-state index is 0.240. The van der Waals surface area contributed by atoms with Crippen molar-refractivity contribution in [2.24, 2.45) is 5.73 Å². The van der Waals surface area contributed by atoms with Crippen molar-refractivity contribution in [3.8, 4) is 0 Å². The van der Waals surface area contributed by atoms with Crippen molar-refractivity contribution in [2.75, 3.05) is 0 Å². The maximum Gasteiger partial charge on any atom is 0.319 e. The number of carbonyl (C=O) groups is 2. The number of nitrogens with one attached hydrogen (secondary N) is 1. The smallest absolute Gasteiger partial charge is 0.319 e. The first-order valence-electron chi connectivity index (χ1n) is 6.05. The van der Waals surface area contributed by atoms with E-state index in [0.29, 0.717) is 6.04 Å². The van der Waals surface area contributed by atoms with Gasteiger partial charge in [0.15, 0.2) is 6.04 Å². The lowest BCUT2D eigenvalue weighted by Gasteiger charge is -2.17. The van der Waals surface area contributed by atoms with Gasteiger partial charge in [-0.15, -0.1) is 0 Å². The monoisotopic (exact) mass is 228 g/mol. The van der Waals surface area contributed by atoms with E-state index >= 15 is 0 Å². The van der Waals surface area contributed by atoms with Crippen LogP contribution < -0.4 is 16.4 Å². The van der Waals surface area contributed by atoms with Gasteiger partial charge in [-0.2, -0.15) is 0 Å². The summed E-state index contributed by atoms with van der Waals surface area (Å²) in [7, 11) is 0. The Morgan fingerprint density at radius 3 is 2.31 bits per heavy atom. The summed E-state index contributed by atoms with van der Waals surface area (Å²) in [5, 5.41) is 4.18. The van der Waals surface area contributed by atoms with Crippen molar-refractivity contribution >= 4 is 11.9 Å². The molecule has 0 radical (unpaired) electrons. The second-order valence-electron chi connectivity index (χ2n) is 4.59. The zero-order valence-electron chi connectivity index (χ0n) is 9.87. The number of quaternary nitrogens is 1. The van der Waals surface area contributed by atoms with Crippen LogP contribution in [0.1, 0.15) is 45.4 Å². The Labute approximate surface area is 96.1 Å². The Bertz CT molecular complexity index is 248. The van der Waals surface area contributed by atoms with Crippen LogP contribution in [0.15, 0.2) is 0 Å². The average molecular weight is 228 g/mol. The molecule has 0 aromatic rings. The van der Waals surface area contributed by atoms with Gasteiger partial charge >= 0.3 is 6.03 Å². The Balaban J connectivity index is 2.33. The number of hydrogen-bond acceptors (Lipinski definition) is 2. The second kappa shape index (κ2) is 6.48. The van der Waals surface area contributed by atoms with Gasteiger partial charge in [0.2, 0.25) is 0 Å². The van der Waals surface area contributed by atoms with Crippen molar-refractivity contribution in [1.82, 2.24) is 5.32 Å². The fourth-order valence-corrected chi connectivity index (χ4v) is 2.23. The number of carbonyl (C=O) groups excluding carboxylic acids is 2. The summed E-state index contributed by atoms with van der Waals surface area (Å²) in [6.45, 7) is 1.81. The van der Waals surface area contributed by atoms with Crippen molar-refractivity contribution in [3.63, 3.8) is 0 Å². The number of primary amides is 1. The number of urea groups is 1. The molecular weight excluding hydrogens is 206 g/mol. The first-order chi connectivity index (χ1) is 7.59. The highest BCUT2D eigenvalue weighted by molar-refractivity contribution is 5.95. The molecule has 1 fully saturated rings. The van der Waals surface area contributed by atoms with Gasteiger partial charge in [0.05, 0.1) is 6.04 Å². The number of nitrogens with two attached hydrogens (primary N) is 2. The number of imide groups is 1. The van der Waals surface area contributed by atoms with Gasteiger partial charge in [-0.25, -0.2) is 4.79 Å². The van der Waals surface area contributed by atoms with E-state index in [-0.39, 0.29) is 11.9 Å². The summed E-state index contributed by atoms with van der Waals surface area (Å²) in [5.41, 5.74) is 4.90. The molecule has 5 heteroatoms. The minimum Gasteiger partial charge on any atom is -0.351 e. The minimum atomic E-state index is -0.772.